The lowest BCUT2D eigenvalue weighted by Gasteiger charge is -2.37. The van der Waals surface area contributed by atoms with Crippen LogP contribution in [0, 0.1) is 11.7 Å². The van der Waals surface area contributed by atoms with Crippen LogP contribution in [0.4, 0.5) is 4.39 Å². The van der Waals surface area contributed by atoms with Gasteiger partial charge in [-0.05, 0) is 18.9 Å². The number of imide groups is 1. The first-order valence-corrected chi connectivity index (χ1v) is 11.0. The molecule has 32 heavy (non-hydrogen) atoms. The normalized spacial score (nSPS) is 26.6. The van der Waals surface area contributed by atoms with E-state index in [1.165, 1.54) is 25.2 Å². The van der Waals surface area contributed by atoms with Gasteiger partial charge < -0.3 is 14.5 Å². The Morgan fingerprint density at radius 2 is 1.84 bits per heavy atom. The second-order valence-electron chi connectivity index (χ2n) is 8.79. The molecule has 0 spiro atoms. The number of carbonyl (C=O) groups excluding carboxylic acids is 4. The Morgan fingerprint density at radius 3 is 2.50 bits per heavy atom. The van der Waals surface area contributed by atoms with Crippen molar-refractivity contribution in [2.45, 2.75) is 31.1 Å². The average Bonchev–Trinajstić information content (AvgIpc) is 3.03. The van der Waals surface area contributed by atoms with E-state index in [1.54, 1.807) is 15.9 Å². The average molecular weight is 445 g/mol. The Kier molecular flexibility index (Phi) is 6.28. The highest BCUT2D eigenvalue weighted by Crippen LogP contribution is 2.41. The zero-order chi connectivity index (χ0) is 22.9. The third-order valence-electron chi connectivity index (χ3n) is 6.83. The van der Waals surface area contributed by atoms with E-state index in [0.717, 1.165) is 4.90 Å². The molecule has 1 aromatic rings. The van der Waals surface area contributed by atoms with Gasteiger partial charge in [0, 0.05) is 51.6 Å². The number of piperidine rings is 1. The van der Waals surface area contributed by atoms with Gasteiger partial charge in [-0.3, -0.25) is 24.1 Å². The third kappa shape index (κ3) is 4.01. The largest absolute Gasteiger partial charge is 0.378 e. The molecule has 9 heteroatoms. The summed E-state index contributed by atoms with van der Waals surface area (Å²) in [7, 11) is 1.36. The molecule has 3 aliphatic rings. The molecule has 4 amide bonds. The monoisotopic (exact) mass is 445 g/mol. The lowest BCUT2D eigenvalue weighted by molar-refractivity contribution is -0.146. The van der Waals surface area contributed by atoms with Crippen LogP contribution in [-0.4, -0.2) is 84.8 Å². The standard InChI is InChI=1S/C23H28FN3O5/c1-25-19(28)13-23(22(25)31,17-6-2-3-7-18(17)24)14-20(29)27-8-4-5-16(15-27)21(30)26-9-11-32-12-10-26/h2-3,6-7,16H,4-5,8-15H2,1H3. The van der Waals surface area contributed by atoms with Crippen LogP contribution >= 0.6 is 0 Å². The summed E-state index contributed by atoms with van der Waals surface area (Å²) in [5, 5.41) is 0. The molecular formula is C23H28FN3O5. The van der Waals surface area contributed by atoms with Crippen molar-refractivity contribution in [3.05, 3.63) is 35.6 Å². The molecule has 2 unspecified atom stereocenters. The van der Waals surface area contributed by atoms with Crippen LogP contribution in [0.15, 0.2) is 24.3 Å². The molecule has 3 aliphatic heterocycles. The molecule has 0 radical (unpaired) electrons. The summed E-state index contributed by atoms with van der Waals surface area (Å²) in [5.41, 5.74) is -1.50. The predicted octanol–water partition coefficient (Wildman–Crippen LogP) is 0.940. The van der Waals surface area contributed by atoms with Crippen LogP contribution in [0.25, 0.3) is 0 Å². The summed E-state index contributed by atoms with van der Waals surface area (Å²) >= 11 is 0. The highest BCUT2D eigenvalue weighted by molar-refractivity contribution is 6.10. The molecule has 0 aromatic heterocycles. The molecule has 3 saturated heterocycles. The molecule has 4 rings (SSSR count). The van der Waals surface area contributed by atoms with E-state index in [4.69, 9.17) is 4.74 Å². The van der Waals surface area contributed by atoms with E-state index in [2.05, 4.69) is 0 Å². The first-order chi connectivity index (χ1) is 15.3. The SMILES string of the molecule is CN1C(=O)CC(CC(=O)N2CCCC(C(=O)N3CCOCC3)C2)(c2ccccc2F)C1=O. The maximum Gasteiger partial charge on any atom is 0.240 e. The van der Waals surface area contributed by atoms with Gasteiger partial charge >= 0.3 is 0 Å². The molecule has 8 nitrogen and oxygen atoms in total. The number of benzene rings is 1. The molecule has 0 saturated carbocycles. The predicted molar refractivity (Wildman–Crippen MR) is 112 cm³/mol. The second kappa shape index (κ2) is 8.97. The van der Waals surface area contributed by atoms with E-state index in [0.29, 0.717) is 45.7 Å². The zero-order valence-corrected chi connectivity index (χ0v) is 18.2. The van der Waals surface area contributed by atoms with Crippen molar-refractivity contribution < 1.29 is 28.3 Å². The number of likely N-dealkylation sites (N-methyl/N-ethyl adjacent to an activating group) is 1. The van der Waals surface area contributed by atoms with Crippen molar-refractivity contribution in [1.29, 1.82) is 0 Å². The van der Waals surface area contributed by atoms with Crippen molar-refractivity contribution >= 4 is 23.6 Å². The molecule has 0 aliphatic carbocycles. The van der Waals surface area contributed by atoms with E-state index >= 15 is 0 Å². The molecule has 0 bridgehead atoms. The summed E-state index contributed by atoms with van der Waals surface area (Å²) in [6.07, 6.45) is 0.810. The van der Waals surface area contributed by atoms with Crippen molar-refractivity contribution in [2.75, 3.05) is 46.4 Å². The maximum atomic E-state index is 14.7. The van der Waals surface area contributed by atoms with Crippen molar-refractivity contribution in [2.24, 2.45) is 5.92 Å². The summed E-state index contributed by atoms with van der Waals surface area (Å²) in [6.45, 7) is 2.84. The Hall–Kier alpha value is -2.81. The van der Waals surface area contributed by atoms with E-state index in [1.807, 2.05) is 0 Å². The van der Waals surface area contributed by atoms with E-state index in [9.17, 15) is 23.6 Å². The lowest BCUT2D eigenvalue weighted by Crippen LogP contribution is -2.50. The molecule has 3 fully saturated rings. The number of morpholine rings is 1. The van der Waals surface area contributed by atoms with Crippen molar-refractivity contribution in [3.8, 4) is 0 Å². The van der Waals surface area contributed by atoms with Crippen LogP contribution in [0.3, 0.4) is 0 Å². The number of rotatable bonds is 4. The van der Waals surface area contributed by atoms with Gasteiger partial charge in [0.05, 0.1) is 24.5 Å². The fourth-order valence-electron chi connectivity index (χ4n) is 5.00. The van der Waals surface area contributed by atoms with E-state index in [-0.39, 0.29) is 42.7 Å². The number of hydrogen-bond donors (Lipinski definition) is 0. The minimum Gasteiger partial charge on any atom is -0.378 e. The van der Waals surface area contributed by atoms with Gasteiger partial charge in [0.15, 0.2) is 0 Å². The molecule has 0 N–H and O–H groups in total. The van der Waals surface area contributed by atoms with Crippen molar-refractivity contribution in [3.63, 3.8) is 0 Å². The van der Waals surface area contributed by atoms with Crippen molar-refractivity contribution in [1.82, 2.24) is 14.7 Å². The smallest absolute Gasteiger partial charge is 0.240 e. The van der Waals surface area contributed by atoms with Crippen LogP contribution in [0.1, 0.15) is 31.2 Å². The maximum absolute atomic E-state index is 14.7. The minimum atomic E-state index is -1.56. The molecule has 2 atom stereocenters. The third-order valence-corrected chi connectivity index (χ3v) is 6.83. The van der Waals surface area contributed by atoms with Gasteiger partial charge in [0.1, 0.15) is 5.82 Å². The highest BCUT2D eigenvalue weighted by Gasteiger charge is 2.54. The van der Waals surface area contributed by atoms with Gasteiger partial charge in [0.2, 0.25) is 23.6 Å². The van der Waals surface area contributed by atoms with Gasteiger partial charge in [-0.15, -0.1) is 0 Å². The number of hydrogen-bond acceptors (Lipinski definition) is 5. The topological polar surface area (TPSA) is 87.2 Å². The minimum absolute atomic E-state index is 0.0153. The van der Waals surface area contributed by atoms with Crippen LogP contribution in [-0.2, 0) is 29.3 Å². The Bertz CT molecular complexity index is 932. The quantitative estimate of drug-likeness (QED) is 0.644. The molecule has 1 aromatic carbocycles. The van der Waals surface area contributed by atoms with Crippen LogP contribution in [0.2, 0.25) is 0 Å². The number of carbonyl (C=O) groups is 4. The summed E-state index contributed by atoms with van der Waals surface area (Å²) < 4.78 is 20.0. The van der Waals surface area contributed by atoms with E-state index < -0.39 is 23.0 Å². The lowest BCUT2D eigenvalue weighted by atomic mass is 9.75. The number of halogens is 1. The fraction of sp³-hybridized carbons (Fsp3) is 0.565. The number of likely N-dealkylation sites (tertiary alicyclic amines) is 2. The Balaban J connectivity index is 1.54. The molecule has 3 heterocycles. The molecule has 172 valence electrons. The summed E-state index contributed by atoms with van der Waals surface area (Å²) in [6, 6.07) is 5.80. The summed E-state index contributed by atoms with van der Waals surface area (Å²) in [4.78, 5) is 56.0. The molecular weight excluding hydrogens is 417 g/mol. The van der Waals surface area contributed by atoms with Crippen LogP contribution < -0.4 is 0 Å². The first-order valence-electron chi connectivity index (χ1n) is 11.0. The Morgan fingerprint density at radius 1 is 1.12 bits per heavy atom. The second-order valence-corrected chi connectivity index (χ2v) is 8.79. The van der Waals surface area contributed by atoms with Gasteiger partial charge in [-0.1, -0.05) is 18.2 Å². The van der Waals surface area contributed by atoms with Gasteiger partial charge in [-0.25, -0.2) is 4.39 Å². The Labute approximate surface area is 186 Å². The van der Waals surface area contributed by atoms with Gasteiger partial charge in [-0.2, -0.15) is 0 Å². The highest BCUT2D eigenvalue weighted by atomic mass is 19.1. The first kappa shape index (κ1) is 22.4. The van der Waals surface area contributed by atoms with Gasteiger partial charge in [0.25, 0.3) is 0 Å². The number of ether oxygens (including phenoxy) is 1. The van der Waals surface area contributed by atoms with Crippen LogP contribution in [0.5, 0.6) is 0 Å². The summed E-state index contributed by atoms with van der Waals surface area (Å²) in [5.74, 6) is -2.26. The zero-order valence-electron chi connectivity index (χ0n) is 18.2. The number of amides is 4. The number of nitrogens with zero attached hydrogens (tertiary/aromatic N) is 3. The fourth-order valence-corrected chi connectivity index (χ4v) is 5.00.